The van der Waals surface area contributed by atoms with E-state index in [4.69, 9.17) is 0 Å². The van der Waals surface area contributed by atoms with Crippen LogP contribution in [0.1, 0.15) is 5.56 Å². The van der Waals surface area contributed by atoms with Gasteiger partial charge in [0.25, 0.3) is 0 Å². The average molecular weight is 420 g/mol. The van der Waals surface area contributed by atoms with E-state index in [-0.39, 0.29) is 0 Å². The van der Waals surface area contributed by atoms with Gasteiger partial charge < -0.3 is 9.88 Å². The van der Waals surface area contributed by atoms with Gasteiger partial charge in [-0.05, 0) is 40.8 Å². The van der Waals surface area contributed by atoms with Gasteiger partial charge >= 0.3 is 0 Å². The average Bonchev–Trinajstić information content (AvgIpc) is 3.27. The van der Waals surface area contributed by atoms with Crippen LogP contribution in [0.3, 0.4) is 0 Å². The summed E-state index contributed by atoms with van der Waals surface area (Å²) in [5.74, 6) is 0. The highest BCUT2D eigenvalue weighted by atomic mass is 15.3. The Labute approximate surface area is 187 Å². The van der Waals surface area contributed by atoms with Gasteiger partial charge in [0.2, 0.25) is 0 Å². The fraction of sp³-hybridized carbons (Fsp3) is 0.185. The van der Waals surface area contributed by atoms with Crippen LogP contribution in [0, 0.1) is 0 Å². The SMILES string of the molecule is c1ccc2c(CN3CCN(c4cncc(-c5ccc6cnccc6c5)c4)CC3)c[nH]c2c1. The van der Waals surface area contributed by atoms with Crippen LogP contribution >= 0.6 is 0 Å². The van der Waals surface area contributed by atoms with Crippen molar-refractivity contribution in [3.05, 3.63) is 91.1 Å². The maximum absolute atomic E-state index is 4.56. The minimum absolute atomic E-state index is 0.988. The minimum atomic E-state index is 0.988. The number of benzene rings is 2. The Hall–Kier alpha value is -3.70. The number of aromatic amines is 1. The summed E-state index contributed by atoms with van der Waals surface area (Å²) in [4.78, 5) is 17.2. The van der Waals surface area contributed by atoms with E-state index >= 15 is 0 Å². The number of H-pyrrole nitrogens is 1. The highest BCUT2D eigenvalue weighted by molar-refractivity contribution is 5.87. The van der Waals surface area contributed by atoms with Crippen LogP contribution in [0.15, 0.2) is 85.6 Å². The molecule has 158 valence electrons. The molecular weight excluding hydrogens is 394 g/mol. The Kier molecular flexibility index (Phi) is 4.81. The third kappa shape index (κ3) is 3.61. The van der Waals surface area contributed by atoms with E-state index in [0.717, 1.165) is 43.7 Å². The van der Waals surface area contributed by atoms with E-state index in [0.29, 0.717) is 0 Å². The molecule has 3 aromatic heterocycles. The molecule has 0 amide bonds. The topological polar surface area (TPSA) is 48.1 Å². The van der Waals surface area contributed by atoms with Crippen LogP contribution in [0.5, 0.6) is 0 Å². The van der Waals surface area contributed by atoms with Crippen LogP contribution < -0.4 is 4.90 Å². The molecule has 5 heteroatoms. The van der Waals surface area contributed by atoms with Crippen molar-refractivity contribution in [2.45, 2.75) is 6.54 Å². The highest BCUT2D eigenvalue weighted by Gasteiger charge is 2.19. The quantitative estimate of drug-likeness (QED) is 0.440. The second-order valence-corrected chi connectivity index (χ2v) is 8.49. The number of hydrogen-bond donors (Lipinski definition) is 1. The van der Waals surface area contributed by atoms with Crippen LogP contribution in [-0.4, -0.2) is 46.0 Å². The maximum Gasteiger partial charge on any atom is 0.0559 e. The predicted octanol–water partition coefficient (Wildman–Crippen LogP) is 5.10. The normalized spacial score (nSPS) is 14.9. The molecule has 0 saturated carbocycles. The summed E-state index contributed by atoms with van der Waals surface area (Å²) in [5, 5.41) is 3.69. The van der Waals surface area contributed by atoms with Gasteiger partial charge in [-0.2, -0.15) is 0 Å². The Balaban J connectivity index is 1.16. The summed E-state index contributed by atoms with van der Waals surface area (Å²) in [6.45, 7) is 5.11. The molecule has 5 nitrogen and oxygen atoms in total. The van der Waals surface area contributed by atoms with Crippen molar-refractivity contribution in [1.29, 1.82) is 0 Å². The monoisotopic (exact) mass is 419 g/mol. The minimum Gasteiger partial charge on any atom is -0.368 e. The van der Waals surface area contributed by atoms with Crippen molar-refractivity contribution in [1.82, 2.24) is 19.9 Å². The van der Waals surface area contributed by atoms with Crippen LogP contribution in [0.4, 0.5) is 5.69 Å². The van der Waals surface area contributed by atoms with Gasteiger partial charge in [0.05, 0.1) is 11.9 Å². The summed E-state index contributed by atoms with van der Waals surface area (Å²) < 4.78 is 0. The molecule has 1 aliphatic heterocycles. The van der Waals surface area contributed by atoms with Crippen molar-refractivity contribution in [2.75, 3.05) is 31.1 Å². The molecule has 0 unspecified atom stereocenters. The van der Waals surface area contributed by atoms with Gasteiger partial charge in [-0.1, -0.05) is 30.3 Å². The Morgan fingerprint density at radius 3 is 2.62 bits per heavy atom. The number of nitrogens with zero attached hydrogens (tertiary/aromatic N) is 4. The number of para-hydroxylation sites is 1. The molecular formula is C27H25N5. The van der Waals surface area contributed by atoms with Crippen molar-refractivity contribution in [3.8, 4) is 11.1 Å². The molecule has 0 aliphatic carbocycles. The summed E-state index contributed by atoms with van der Waals surface area (Å²) >= 11 is 0. The highest BCUT2D eigenvalue weighted by Crippen LogP contribution is 2.27. The van der Waals surface area contributed by atoms with Gasteiger partial charge in [-0.25, -0.2) is 0 Å². The summed E-state index contributed by atoms with van der Waals surface area (Å²) in [6, 6.07) is 19.4. The lowest BCUT2D eigenvalue weighted by Crippen LogP contribution is -2.46. The summed E-state index contributed by atoms with van der Waals surface area (Å²) in [5.41, 5.74) is 6.14. The Bertz CT molecular complexity index is 1380. The summed E-state index contributed by atoms with van der Waals surface area (Å²) in [6.07, 6.45) is 9.85. The van der Waals surface area contributed by atoms with Crippen molar-refractivity contribution in [2.24, 2.45) is 0 Å². The first-order valence-electron chi connectivity index (χ1n) is 11.1. The largest absolute Gasteiger partial charge is 0.368 e. The molecule has 2 aromatic carbocycles. The van der Waals surface area contributed by atoms with Crippen LogP contribution in [0.25, 0.3) is 32.8 Å². The maximum atomic E-state index is 4.56. The van der Waals surface area contributed by atoms with Gasteiger partial charge in [0, 0.05) is 79.4 Å². The zero-order chi connectivity index (χ0) is 21.3. The standard InChI is InChI=1S/C27H25N5/c1-2-4-27-26(3-1)24(17-30-27)19-31-9-11-32(12-10-31)25-14-23(16-29-18-25)20-5-6-22-15-28-8-7-21(22)13-20/h1-8,13-18,30H,9-12,19H2. The second kappa shape index (κ2) is 8.09. The van der Waals surface area contributed by atoms with Crippen molar-refractivity contribution < 1.29 is 0 Å². The smallest absolute Gasteiger partial charge is 0.0559 e. The first kappa shape index (κ1) is 19.0. The van der Waals surface area contributed by atoms with Gasteiger partial charge in [0.1, 0.15) is 0 Å². The molecule has 0 atom stereocenters. The zero-order valence-corrected chi connectivity index (χ0v) is 17.9. The molecule has 0 bridgehead atoms. The van der Waals surface area contributed by atoms with E-state index in [2.05, 4.69) is 85.5 Å². The molecule has 1 saturated heterocycles. The van der Waals surface area contributed by atoms with E-state index in [1.54, 1.807) is 0 Å². The third-order valence-corrected chi connectivity index (χ3v) is 6.50. The predicted molar refractivity (Wildman–Crippen MR) is 131 cm³/mol. The van der Waals surface area contributed by atoms with E-state index < -0.39 is 0 Å². The molecule has 6 rings (SSSR count). The lowest BCUT2D eigenvalue weighted by Gasteiger charge is -2.36. The fourth-order valence-corrected chi connectivity index (χ4v) is 4.69. The number of pyridine rings is 2. The Morgan fingerprint density at radius 1 is 0.781 bits per heavy atom. The number of rotatable bonds is 4. The number of fused-ring (bicyclic) bond motifs is 2. The second-order valence-electron chi connectivity index (χ2n) is 8.49. The van der Waals surface area contributed by atoms with E-state index in [1.807, 2.05) is 24.8 Å². The number of anilines is 1. The first-order chi connectivity index (χ1) is 15.8. The van der Waals surface area contributed by atoms with Crippen molar-refractivity contribution >= 4 is 27.4 Å². The number of nitrogens with one attached hydrogen (secondary N) is 1. The Morgan fingerprint density at radius 2 is 1.69 bits per heavy atom. The number of aromatic nitrogens is 3. The zero-order valence-electron chi connectivity index (χ0n) is 17.9. The first-order valence-corrected chi connectivity index (χ1v) is 11.1. The molecule has 1 N–H and O–H groups in total. The molecule has 32 heavy (non-hydrogen) atoms. The van der Waals surface area contributed by atoms with Gasteiger partial charge in [0.15, 0.2) is 0 Å². The van der Waals surface area contributed by atoms with Crippen LogP contribution in [0.2, 0.25) is 0 Å². The molecule has 0 radical (unpaired) electrons. The number of hydrogen-bond acceptors (Lipinski definition) is 4. The van der Waals surface area contributed by atoms with Crippen molar-refractivity contribution in [3.63, 3.8) is 0 Å². The molecule has 5 aromatic rings. The van der Waals surface area contributed by atoms with E-state index in [1.165, 1.54) is 33.1 Å². The lowest BCUT2D eigenvalue weighted by atomic mass is 10.0. The molecule has 1 aliphatic rings. The fourth-order valence-electron chi connectivity index (χ4n) is 4.69. The molecule has 1 fully saturated rings. The summed E-state index contributed by atoms with van der Waals surface area (Å²) in [7, 11) is 0. The number of piperazine rings is 1. The molecule has 4 heterocycles. The lowest BCUT2D eigenvalue weighted by molar-refractivity contribution is 0.250. The third-order valence-electron chi connectivity index (χ3n) is 6.50. The van der Waals surface area contributed by atoms with Gasteiger partial charge in [-0.3, -0.25) is 14.9 Å². The van der Waals surface area contributed by atoms with E-state index in [9.17, 15) is 0 Å². The molecule has 0 spiro atoms. The van der Waals surface area contributed by atoms with Crippen LogP contribution in [-0.2, 0) is 6.54 Å². The van der Waals surface area contributed by atoms with Gasteiger partial charge in [-0.15, -0.1) is 0 Å².